The topological polar surface area (TPSA) is 107 Å². The van der Waals surface area contributed by atoms with Crippen LogP contribution < -0.4 is 10.2 Å². The van der Waals surface area contributed by atoms with Crippen LogP contribution in [0.5, 0.6) is 0 Å². The van der Waals surface area contributed by atoms with Crippen molar-refractivity contribution in [3.63, 3.8) is 0 Å². The third kappa shape index (κ3) is 7.45. The van der Waals surface area contributed by atoms with Gasteiger partial charge in [0.2, 0.25) is 0 Å². The average molecular weight is 643 g/mol. The SMILES string of the molecule is COC1(C)CCN(c2ccc(-n3nc(NCC45CCN(CC4)CC5)cc3-c3ccc(C#N)c(F)c3)cc2)CC1.O=C(O)C(F)(F)F. The molecule has 4 aliphatic rings. The quantitative estimate of drug-likeness (QED) is 0.299. The standard InChI is InChI=1S/C31H37FN6O.C2HF3O2/c1-30(39-2)9-17-37(18-10-30)25-5-7-26(8-6-25)38-28(23-3-4-24(21-33)27(32)19-23)20-29(35-38)34-22-31-11-14-36(15-12-31)16-13-31;3-2(4,5)1(6)7/h3-8,19-20H,9-18,22H2,1-2H3,(H,34,35);(H,6,7). The van der Waals surface area contributed by atoms with Gasteiger partial charge < -0.3 is 25.0 Å². The number of anilines is 2. The van der Waals surface area contributed by atoms with Gasteiger partial charge in [-0.15, -0.1) is 5.10 Å². The number of nitrogens with zero attached hydrogens (tertiary/aromatic N) is 5. The van der Waals surface area contributed by atoms with Crippen molar-refractivity contribution in [2.75, 3.05) is 56.6 Å². The fourth-order valence-corrected chi connectivity index (χ4v) is 6.32. The Morgan fingerprint density at radius 1 is 1.00 bits per heavy atom. The molecule has 0 atom stereocenters. The van der Waals surface area contributed by atoms with Crippen molar-refractivity contribution in [1.82, 2.24) is 14.7 Å². The van der Waals surface area contributed by atoms with E-state index < -0.39 is 18.0 Å². The Morgan fingerprint density at radius 3 is 2.11 bits per heavy atom. The highest BCUT2D eigenvalue weighted by Gasteiger charge is 2.39. The van der Waals surface area contributed by atoms with E-state index in [2.05, 4.69) is 46.3 Å². The number of aromatic nitrogens is 2. The molecule has 5 heterocycles. The molecular formula is C33H38F4N6O3. The van der Waals surface area contributed by atoms with Crippen LogP contribution >= 0.6 is 0 Å². The number of rotatable bonds is 7. The zero-order chi connectivity index (χ0) is 33.1. The van der Waals surface area contributed by atoms with Gasteiger partial charge in [-0.05, 0) is 100 Å². The van der Waals surface area contributed by atoms with E-state index in [1.54, 1.807) is 13.2 Å². The molecule has 2 bridgehead atoms. The van der Waals surface area contributed by atoms with Gasteiger partial charge in [-0.2, -0.15) is 18.4 Å². The first-order valence-corrected chi connectivity index (χ1v) is 15.3. The zero-order valence-corrected chi connectivity index (χ0v) is 25.9. The second kappa shape index (κ2) is 13.3. The Bertz CT molecular complexity index is 1550. The van der Waals surface area contributed by atoms with Crippen LogP contribution in [-0.2, 0) is 9.53 Å². The lowest BCUT2D eigenvalue weighted by molar-refractivity contribution is -0.192. The van der Waals surface area contributed by atoms with Crippen LogP contribution in [0, 0.1) is 22.6 Å². The number of nitrogens with one attached hydrogen (secondary N) is 1. The molecule has 1 aromatic heterocycles. The Balaban J connectivity index is 0.000000537. The van der Waals surface area contributed by atoms with E-state index in [1.165, 1.54) is 56.7 Å². The number of alkyl halides is 3. The van der Waals surface area contributed by atoms with Crippen molar-refractivity contribution in [2.24, 2.45) is 5.41 Å². The Hall–Kier alpha value is -4.15. The van der Waals surface area contributed by atoms with Gasteiger partial charge in [0.05, 0.1) is 22.5 Å². The molecule has 13 heteroatoms. The maximum Gasteiger partial charge on any atom is 0.490 e. The molecule has 0 aliphatic carbocycles. The number of carbonyl (C=O) groups is 1. The van der Waals surface area contributed by atoms with Crippen molar-refractivity contribution in [3.8, 4) is 23.0 Å². The van der Waals surface area contributed by atoms with Gasteiger partial charge in [0.15, 0.2) is 0 Å². The first-order valence-electron chi connectivity index (χ1n) is 15.3. The molecule has 0 amide bonds. The summed E-state index contributed by atoms with van der Waals surface area (Å²) in [5.41, 5.74) is 3.89. The molecule has 0 saturated carbocycles. The van der Waals surface area contributed by atoms with Gasteiger partial charge in [-0.3, -0.25) is 0 Å². The van der Waals surface area contributed by atoms with Crippen LogP contribution in [0.4, 0.5) is 29.1 Å². The monoisotopic (exact) mass is 642 g/mol. The minimum absolute atomic E-state index is 0.0429. The number of aliphatic carboxylic acids is 1. The number of ether oxygens (including phenoxy) is 1. The minimum Gasteiger partial charge on any atom is -0.475 e. The molecule has 9 nitrogen and oxygen atoms in total. The number of nitriles is 1. The van der Waals surface area contributed by atoms with Crippen LogP contribution in [0.15, 0.2) is 48.5 Å². The van der Waals surface area contributed by atoms with E-state index in [0.717, 1.165) is 49.7 Å². The fraction of sp³-hybridized carbons (Fsp3) is 0.485. The summed E-state index contributed by atoms with van der Waals surface area (Å²) in [5.74, 6) is -2.49. The van der Waals surface area contributed by atoms with Gasteiger partial charge in [0.1, 0.15) is 17.7 Å². The number of carboxylic acid groups (broad SMARTS) is 1. The summed E-state index contributed by atoms with van der Waals surface area (Å²) in [6, 6.07) is 17.1. The first-order chi connectivity index (χ1) is 21.8. The maximum atomic E-state index is 14.6. The van der Waals surface area contributed by atoms with Gasteiger partial charge in [-0.1, -0.05) is 6.07 Å². The van der Waals surface area contributed by atoms with E-state index in [9.17, 15) is 22.8 Å². The van der Waals surface area contributed by atoms with Gasteiger partial charge >= 0.3 is 12.1 Å². The molecule has 0 unspecified atom stereocenters. The molecule has 4 saturated heterocycles. The molecule has 246 valence electrons. The number of hydrogen-bond acceptors (Lipinski definition) is 7. The summed E-state index contributed by atoms with van der Waals surface area (Å²) in [5, 5.41) is 24.9. The third-order valence-electron chi connectivity index (χ3n) is 9.63. The number of hydrogen-bond donors (Lipinski definition) is 2. The number of benzene rings is 2. The van der Waals surface area contributed by atoms with Gasteiger partial charge in [0.25, 0.3) is 0 Å². The lowest BCUT2D eigenvalue weighted by Crippen LogP contribution is -2.50. The highest BCUT2D eigenvalue weighted by Crippen LogP contribution is 2.40. The van der Waals surface area contributed by atoms with E-state index in [4.69, 9.17) is 19.7 Å². The largest absolute Gasteiger partial charge is 0.490 e. The minimum atomic E-state index is -5.08. The smallest absolute Gasteiger partial charge is 0.475 e. The average Bonchev–Trinajstić information content (AvgIpc) is 3.49. The molecule has 4 aliphatic heterocycles. The van der Waals surface area contributed by atoms with Crippen molar-refractivity contribution in [3.05, 3.63) is 59.9 Å². The number of carboxylic acids is 1. The van der Waals surface area contributed by atoms with Crippen LogP contribution in [0.1, 0.15) is 44.6 Å². The van der Waals surface area contributed by atoms with Crippen LogP contribution in [0.25, 0.3) is 16.9 Å². The van der Waals surface area contributed by atoms with E-state index in [0.29, 0.717) is 11.0 Å². The Morgan fingerprint density at radius 2 is 1.59 bits per heavy atom. The highest BCUT2D eigenvalue weighted by molar-refractivity contribution is 5.73. The summed E-state index contributed by atoms with van der Waals surface area (Å²) < 4.78 is 53.9. The number of halogens is 4. The van der Waals surface area contributed by atoms with Crippen LogP contribution in [0.3, 0.4) is 0 Å². The molecule has 46 heavy (non-hydrogen) atoms. The van der Waals surface area contributed by atoms with Crippen molar-refractivity contribution in [1.29, 1.82) is 5.26 Å². The second-order valence-electron chi connectivity index (χ2n) is 12.5. The lowest BCUT2D eigenvalue weighted by atomic mass is 9.72. The Kier molecular flexibility index (Phi) is 9.60. The van der Waals surface area contributed by atoms with Crippen molar-refractivity contribution in [2.45, 2.75) is 50.8 Å². The second-order valence-corrected chi connectivity index (χ2v) is 12.5. The fourth-order valence-electron chi connectivity index (χ4n) is 6.32. The predicted octanol–water partition coefficient (Wildman–Crippen LogP) is 6.09. The van der Waals surface area contributed by atoms with Crippen LogP contribution in [-0.4, -0.2) is 83.9 Å². The first kappa shape index (κ1) is 33.2. The molecule has 0 spiro atoms. The maximum absolute atomic E-state index is 14.6. The summed E-state index contributed by atoms with van der Waals surface area (Å²) in [4.78, 5) is 13.8. The summed E-state index contributed by atoms with van der Waals surface area (Å²) >= 11 is 0. The molecular weight excluding hydrogens is 604 g/mol. The third-order valence-corrected chi connectivity index (χ3v) is 9.63. The van der Waals surface area contributed by atoms with E-state index >= 15 is 0 Å². The van der Waals surface area contributed by atoms with Crippen LogP contribution in [0.2, 0.25) is 0 Å². The zero-order valence-electron chi connectivity index (χ0n) is 25.9. The summed E-state index contributed by atoms with van der Waals surface area (Å²) in [6.07, 6.45) is 0.558. The molecule has 2 aromatic carbocycles. The normalized spacial score (nSPS) is 22.0. The number of fused-ring (bicyclic) bond motifs is 3. The van der Waals surface area contributed by atoms with E-state index in [-0.39, 0.29) is 11.2 Å². The molecule has 4 fully saturated rings. The molecule has 7 rings (SSSR count). The van der Waals surface area contributed by atoms with E-state index in [1.807, 2.05) is 16.8 Å². The van der Waals surface area contributed by atoms with Crippen molar-refractivity contribution >= 4 is 17.5 Å². The van der Waals surface area contributed by atoms with Gasteiger partial charge in [0, 0.05) is 44.1 Å². The van der Waals surface area contributed by atoms with Gasteiger partial charge in [-0.25, -0.2) is 13.9 Å². The molecule has 3 aromatic rings. The highest BCUT2D eigenvalue weighted by atomic mass is 19.4. The lowest BCUT2D eigenvalue weighted by Gasteiger charge is -2.48. The summed E-state index contributed by atoms with van der Waals surface area (Å²) in [6.45, 7) is 8.53. The molecule has 0 radical (unpaired) electrons. The Labute approximate surface area is 265 Å². The summed E-state index contributed by atoms with van der Waals surface area (Å²) in [7, 11) is 1.80. The predicted molar refractivity (Wildman–Crippen MR) is 165 cm³/mol. The number of methoxy groups -OCH3 is 1. The van der Waals surface area contributed by atoms with Crippen molar-refractivity contribution < 1.29 is 32.2 Å². The number of piperidine rings is 4. The molecule has 2 N–H and O–H groups in total.